The summed E-state index contributed by atoms with van der Waals surface area (Å²) in [6.45, 7) is 1.30. The van der Waals surface area contributed by atoms with Crippen molar-refractivity contribution < 1.29 is 36.6 Å². The molecule has 4 nitrogen and oxygen atoms in total. The molecule has 2 aromatic rings. The summed E-state index contributed by atoms with van der Waals surface area (Å²) in [5.74, 6) is -8.67. The summed E-state index contributed by atoms with van der Waals surface area (Å²) in [6.07, 6.45) is 0.637. The van der Waals surface area contributed by atoms with Gasteiger partial charge in [0.1, 0.15) is 17.1 Å². The fraction of sp³-hybridized carbons (Fsp3) is 0.111. The fourth-order valence-electron chi connectivity index (χ4n) is 2.03. The van der Waals surface area contributed by atoms with Crippen molar-refractivity contribution in [3.63, 3.8) is 0 Å². The van der Waals surface area contributed by atoms with Crippen LogP contribution in [0.15, 0.2) is 39.3 Å². The van der Waals surface area contributed by atoms with Gasteiger partial charge in [-0.05, 0) is 41.1 Å². The Morgan fingerprint density at radius 3 is 2.43 bits per heavy atom. The molecule has 2 rings (SSSR count). The van der Waals surface area contributed by atoms with Crippen LogP contribution in [0.4, 0.5) is 27.6 Å². The number of hydrogen-bond acceptors (Lipinski definition) is 4. The topological polar surface area (TPSA) is 58.9 Å². The quantitative estimate of drug-likeness (QED) is 0.123. The molecule has 0 saturated carbocycles. The monoisotopic (exact) mass is 463 g/mol. The molecule has 0 fully saturated rings. The Morgan fingerprint density at radius 1 is 1.14 bits per heavy atom. The minimum absolute atomic E-state index is 0.141. The van der Waals surface area contributed by atoms with Crippen LogP contribution in [0.1, 0.15) is 12.5 Å². The number of halogens is 6. The Bertz CT molecular complexity index is 992. The van der Waals surface area contributed by atoms with E-state index in [-0.39, 0.29) is 6.61 Å². The zero-order valence-corrected chi connectivity index (χ0v) is 15.7. The summed E-state index contributed by atoms with van der Waals surface area (Å²) in [5, 5.41) is 10.3. The molecular weight excluding hydrogens is 453 g/mol. The van der Waals surface area contributed by atoms with Crippen molar-refractivity contribution in [3.05, 3.63) is 69.0 Å². The first kappa shape index (κ1) is 21.5. The average molecular weight is 464 g/mol. The van der Waals surface area contributed by atoms with Crippen LogP contribution in [0.2, 0.25) is 0 Å². The number of rotatable bonds is 5. The lowest BCUT2D eigenvalue weighted by atomic mass is 10.1. The number of ether oxygens (including phenoxy) is 1. The maximum absolute atomic E-state index is 14.2. The van der Waals surface area contributed by atoms with Crippen molar-refractivity contribution in [2.75, 3.05) is 6.61 Å². The second kappa shape index (κ2) is 8.96. The third-order valence-corrected chi connectivity index (χ3v) is 4.05. The van der Waals surface area contributed by atoms with Gasteiger partial charge in [0.2, 0.25) is 0 Å². The van der Waals surface area contributed by atoms with Crippen molar-refractivity contribution >= 4 is 39.6 Å². The van der Waals surface area contributed by atoms with E-state index in [0.29, 0.717) is 18.3 Å². The second-order valence-corrected chi connectivity index (χ2v) is 5.98. The molecule has 0 heterocycles. The summed E-state index contributed by atoms with van der Waals surface area (Å²) in [4.78, 5) is 15.7. The van der Waals surface area contributed by atoms with Crippen LogP contribution in [-0.2, 0) is 9.53 Å². The van der Waals surface area contributed by atoms with Gasteiger partial charge in [-0.2, -0.15) is 0 Å². The van der Waals surface area contributed by atoms with Crippen molar-refractivity contribution in [2.24, 2.45) is 4.99 Å². The molecule has 0 bridgehead atoms. The number of esters is 1. The molecule has 2 aromatic carbocycles. The summed E-state index contributed by atoms with van der Waals surface area (Å²) in [7, 11) is 0. The SMILES string of the molecule is CCOC(=O)/C(C=Nc1ccc(F)cc1F)=C(\O)c1cc(F)c(F)c(Br)c1F. The summed E-state index contributed by atoms with van der Waals surface area (Å²) in [6, 6.07) is 2.72. The van der Waals surface area contributed by atoms with E-state index in [0.717, 1.165) is 12.1 Å². The molecule has 0 aromatic heterocycles. The van der Waals surface area contributed by atoms with Gasteiger partial charge in [-0.3, -0.25) is 4.99 Å². The first-order valence-electron chi connectivity index (χ1n) is 7.60. The number of aliphatic hydroxyl groups is 1. The fourth-order valence-corrected chi connectivity index (χ4v) is 2.43. The molecule has 0 atom stereocenters. The molecule has 0 saturated heterocycles. The third-order valence-electron chi connectivity index (χ3n) is 3.35. The number of aliphatic hydroxyl groups excluding tert-OH is 1. The Hall–Kier alpha value is -2.75. The number of aliphatic imine (C=N–C) groups is 1. The summed E-state index contributed by atoms with van der Waals surface area (Å²) >= 11 is 2.50. The van der Waals surface area contributed by atoms with Crippen molar-refractivity contribution in [2.45, 2.75) is 6.92 Å². The highest BCUT2D eigenvalue weighted by Crippen LogP contribution is 2.30. The molecule has 0 aliphatic carbocycles. The molecule has 0 amide bonds. The molecule has 10 heteroatoms. The van der Waals surface area contributed by atoms with Gasteiger partial charge in [0.15, 0.2) is 23.3 Å². The molecule has 0 aliphatic rings. The number of nitrogens with zero attached hydrogens (tertiary/aromatic N) is 1. The molecule has 0 spiro atoms. The molecule has 148 valence electrons. The van der Waals surface area contributed by atoms with Crippen LogP contribution in [0.3, 0.4) is 0 Å². The Balaban J connectivity index is 2.62. The lowest BCUT2D eigenvalue weighted by Crippen LogP contribution is -2.12. The maximum atomic E-state index is 14.2. The number of carbonyl (C=O) groups excluding carboxylic acids is 1. The minimum atomic E-state index is -1.53. The summed E-state index contributed by atoms with van der Waals surface area (Å²) < 4.78 is 71.7. The number of carbonyl (C=O) groups is 1. The normalized spacial score (nSPS) is 12.2. The standard InChI is InChI=1S/C18H11BrF5NO3/c1-2-28-18(27)10(7-25-13-4-3-8(20)5-11(13)21)17(26)9-6-12(22)16(24)14(19)15(9)23/h3-7,26H,2H2,1H3/b17-10-,25-7?. The van der Waals surface area contributed by atoms with Gasteiger partial charge < -0.3 is 9.84 Å². The summed E-state index contributed by atoms with van der Waals surface area (Å²) in [5.41, 5.74) is -2.02. The lowest BCUT2D eigenvalue weighted by Gasteiger charge is -2.10. The van der Waals surface area contributed by atoms with E-state index in [1.807, 2.05) is 0 Å². The van der Waals surface area contributed by atoms with E-state index >= 15 is 0 Å². The molecule has 28 heavy (non-hydrogen) atoms. The van der Waals surface area contributed by atoms with Crippen molar-refractivity contribution in [1.29, 1.82) is 0 Å². The highest BCUT2D eigenvalue weighted by atomic mass is 79.9. The van der Waals surface area contributed by atoms with Gasteiger partial charge in [-0.25, -0.2) is 26.7 Å². The van der Waals surface area contributed by atoms with Crippen molar-refractivity contribution in [3.8, 4) is 0 Å². The van der Waals surface area contributed by atoms with Gasteiger partial charge >= 0.3 is 5.97 Å². The van der Waals surface area contributed by atoms with E-state index in [4.69, 9.17) is 4.74 Å². The highest BCUT2D eigenvalue weighted by molar-refractivity contribution is 9.10. The van der Waals surface area contributed by atoms with Crippen LogP contribution in [0.5, 0.6) is 0 Å². The number of benzene rings is 2. The van der Waals surface area contributed by atoms with E-state index < -0.39 is 62.1 Å². The molecule has 0 radical (unpaired) electrons. The predicted molar refractivity (Wildman–Crippen MR) is 94.7 cm³/mol. The Morgan fingerprint density at radius 2 is 1.82 bits per heavy atom. The van der Waals surface area contributed by atoms with E-state index in [2.05, 4.69) is 20.9 Å². The Labute approximate surface area is 164 Å². The second-order valence-electron chi connectivity index (χ2n) is 5.18. The molecule has 0 unspecified atom stereocenters. The van der Waals surface area contributed by atoms with Gasteiger partial charge in [-0.1, -0.05) is 0 Å². The van der Waals surface area contributed by atoms with Crippen LogP contribution < -0.4 is 0 Å². The van der Waals surface area contributed by atoms with Crippen LogP contribution in [-0.4, -0.2) is 23.9 Å². The van der Waals surface area contributed by atoms with Gasteiger partial charge in [0, 0.05) is 12.3 Å². The zero-order valence-electron chi connectivity index (χ0n) is 14.1. The van der Waals surface area contributed by atoms with Crippen LogP contribution >= 0.6 is 15.9 Å². The number of hydrogen-bond donors (Lipinski definition) is 1. The smallest absolute Gasteiger partial charge is 0.343 e. The molecular formula is C18H11BrF5NO3. The first-order valence-corrected chi connectivity index (χ1v) is 8.39. The minimum Gasteiger partial charge on any atom is -0.506 e. The van der Waals surface area contributed by atoms with Gasteiger partial charge in [-0.15, -0.1) is 0 Å². The van der Waals surface area contributed by atoms with Crippen LogP contribution in [0, 0.1) is 29.1 Å². The largest absolute Gasteiger partial charge is 0.506 e. The van der Waals surface area contributed by atoms with Gasteiger partial charge in [0.05, 0.1) is 22.3 Å². The lowest BCUT2D eigenvalue weighted by molar-refractivity contribution is -0.137. The predicted octanol–water partition coefficient (Wildman–Crippen LogP) is 5.38. The Kier molecular flexibility index (Phi) is 6.90. The molecule has 1 N–H and O–H groups in total. The third kappa shape index (κ3) is 4.56. The van der Waals surface area contributed by atoms with Crippen molar-refractivity contribution in [1.82, 2.24) is 0 Å². The zero-order chi connectivity index (χ0) is 21.0. The maximum Gasteiger partial charge on any atom is 0.343 e. The van der Waals surface area contributed by atoms with Gasteiger partial charge in [0.25, 0.3) is 0 Å². The average Bonchev–Trinajstić information content (AvgIpc) is 2.64. The molecule has 0 aliphatic heterocycles. The highest BCUT2D eigenvalue weighted by Gasteiger charge is 2.24. The van der Waals surface area contributed by atoms with E-state index in [9.17, 15) is 31.9 Å². The van der Waals surface area contributed by atoms with Crippen LogP contribution in [0.25, 0.3) is 5.76 Å². The first-order chi connectivity index (χ1) is 13.2. The van der Waals surface area contributed by atoms with E-state index in [1.54, 1.807) is 0 Å². The van der Waals surface area contributed by atoms with E-state index in [1.165, 1.54) is 6.92 Å².